The molecule has 1 aliphatic carbocycles. The van der Waals surface area contributed by atoms with Crippen LogP contribution in [0.15, 0.2) is 40.8 Å². The van der Waals surface area contributed by atoms with Gasteiger partial charge < -0.3 is 24.1 Å². The fourth-order valence-corrected chi connectivity index (χ4v) is 5.93. The van der Waals surface area contributed by atoms with Crippen molar-refractivity contribution >= 4 is 29.7 Å². The number of amides is 2. The lowest BCUT2D eigenvalue weighted by Crippen LogP contribution is -2.56. The number of thioether (sulfide) groups is 1. The average molecular weight is 520 g/mol. The van der Waals surface area contributed by atoms with E-state index >= 15 is 0 Å². The van der Waals surface area contributed by atoms with Crippen LogP contribution in [0.4, 0.5) is 4.79 Å². The molecule has 1 saturated carbocycles. The molecular weight excluding hydrogens is 486 g/mol. The monoisotopic (exact) mass is 519 g/mol. The van der Waals surface area contributed by atoms with E-state index in [-0.39, 0.29) is 28.9 Å². The van der Waals surface area contributed by atoms with E-state index in [1.54, 1.807) is 19.2 Å². The topological polar surface area (TPSA) is 127 Å². The van der Waals surface area contributed by atoms with Crippen molar-refractivity contribution in [1.82, 2.24) is 5.32 Å². The molecule has 1 aromatic carbocycles. The quantitative estimate of drug-likeness (QED) is 0.284. The maximum atomic E-state index is 12.6. The third-order valence-electron chi connectivity index (χ3n) is 7.21. The maximum Gasteiger partial charge on any atom is 0.414 e. The molecule has 2 amide bonds. The van der Waals surface area contributed by atoms with Crippen molar-refractivity contribution in [1.29, 1.82) is 0 Å². The highest BCUT2D eigenvalue weighted by molar-refractivity contribution is 8.00. The number of allylic oxidation sites excluding steroid dienone is 1. The van der Waals surface area contributed by atoms with Crippen LogP contribution in [0.1, 0.15) is 50.4 Å². The number of alkyl carbamates (subject to hydrolysis) is 1. The average Bonchev–Trinajstić information content (AvgIpc) is 3.74. The Kier molecular flexibility index (Phi) is 7.80. The van der Waals surface area contributed by atoms with Crippen molar-refractivity contribution in [2.24, 2.45) is 5.92 Å². The Balaban J connectivity index is 1.32. The molecule has 6 atom stereocenters. The second-order valence-electron chi connectivity index (χ2n) is 9.99. The Morgan fingerprint density at radius 2 is 1.94 bits per heavy atom. The molecule has 196 valence electrons. The molecule has 2 saturated heterocycles. The van der Waals surface area contributed by atoms with Crippen molar-refractivity contribution < 1.29 is 38.4 Å². The number of carbonyl (C=O) groups is 3. The predicted molar refractivity (Wildman–Crippen MR) is 132 cm³/mol. The molecule has 0 aromatic heterocycles. The normalized spacial score (nSPS) is 32.4. The van der Waals surface area contributed by atoms with Gasteiger partial charge in [-0.3, -0.25) is 10.1 Å². The number of nitrogens with one attached hydrogen (secondary N) is 1. The zero-order valence-electron chi connectivity index (χ0n) is 20.9. The zero-order valence-corrected chi connectivity index (χ0v) is 21.8. The summed E-state index contributed by atoms with van der Waals surface area (Å²) in [6.45, 7) is 6.82. The van der Waals surface area contributed by atoms with Gasteiger partial charge in [0.1, 0.15) is 23.4 Å². The van der Waals surface area contributed by atoms with Crippen molar-refractivity contribution in [3.63, 3.8) is 0 Å². The summed E-state index contributed by atoms with van der Waals surface area (Å²) < 4.78 is 23.6. The van der Waals surface area contributed by atoms with E-state index in [0.29, 0.717) is 17.9 Å². The molecule has 0 bridgehead atoms. The zero-order chi connectivity index (χ0) is 26.1. The molecule has 10 heteroatoms. The number of benzene rings is 1. The molecule has 9 nitrogen and oxygen atoms in total. The molecule has 1 spiro atoms. The Labute approximate surface area is 214 Å². The van der Waals surface area contributed by atoms with E-state index in [1.165, 1.54) is 29.5 Å². The molecule has 4 rings (SSSR count). The standard InChI is InChI=1S/C26H33NO8S/c1-15(2)5-10-19-25(3,35-19)22-21(32-4)18(11-12-26(22)14-33-26)34-24(31)27-20(28)13-36-17-8-6-16(7-9-17)23(29)30/h5-9,18-19,21-22H,10-14H2,1-4H3,(H,29,30)(H,27,28,31)/t18-,19-,21-,22-,25-,26+/m1/s1. The summed E-state index contributed by atoms with van der Waals surface area (Å²) in [4.78, 5) is 36.5. The first-order valence-corrected chi connectivity index (χ1v) is 13.0. The maximum absolute atomic E-state index is 12.6. The lowest BCUT2D eigenvalue weighted by molar-refractivity contribution is -0.124. The van der Waals surface area contributed by atoms with Crippen LogP contribution in [0.5, 0.6) is 0 Å². The van der Waals surface area contributed by atoms with Gasteiger partial charge in [-0.25, -0.2) is 9.59 Å². The van der Waals surface area contributed by atoms with Gasteiger partial charge >= 0.3 is 12.1 Å². The minimum Gasteiger partial charge on any atom is -0.478 e. The van der Waals surface area contributed by atoms with E-state index < -0.39 is 35.8 Å². The lowest BCUT2D eigenvalue weighted by Gasteiger charge is -2.42. The molecule has 2 heterocycles. The first-order valence-electron chi connectivity index (χ1n) is 12.0. The van der Waals surface area contributed by atoms with Gasteiger partial charge in [0.25, 0.3) is 0 Å². The van der Waals surface area contributed by atoms with E-state index in [1.807, 2.05) is 0 Å². The van der Waals surface area contributed by atoms with Gasteiger partial charge in [0.15, 0.2) is 0 Å². The number of epoxide rings is 2. The van der Waals surface area contributed by atoms with Gasteiger partial charge in [-0.05, 0) is 64.3 Å². The van der Waals surface area contributed by atoms with Crippen molar-refractivity contribution in [3.8, 4) is 0 Å². The van der Waals surface area contributed by atoms with Gasteiger partial charge in [0, 0.05) is 12.0 Å². The molecule has 0 unspecified atom stereocenters. The molecular formula is C26H33NO8S. The number of imide groups is 1. The largest absolute Gasteiger partial charge is 0.478 e. The second kappa shape index (κ2) is 10.5. The molecule has 3 fully saturated rings. The summed E-state index contributed by atoms with van der Waals surface area (Å²) in [6.07, 6.45) is 2.52. The van der Waals surface area contributed by atoms with Crippen LogP contribution in [0, 0.1) is 5.92 Å². The van der Waals surface area contributed by atoms with Crippen LogP contribution in [-0.2, 0) is 23.7 Å². The number of methoxy groups -OCH3 is 1. The number of carbonyl (C=O) groups excluding carboxylic acids is 2. The Hall–Kier alpha value is -2.40. The first kappa shape index (κ1) is 26.7. The number of ether oxygens (including phenoxy) is 4. The van der Waals surface area contributed by atoms with E-state index in [2.05, 4.69) is 32.2 Å². The molecule has 2 N–H and O–H groups in total. The van der Waals surface area contributed by atoms with Crippen LogP contribution in [-0.4, -0.2) is 72.1 Å². The summed E-state index contributed by atoms with van der Waals surface area (Å²) in [5.41, 5.74) is 0.631. The Morgan fingerprint density at radius 3 is 2.53 bits per heavy atom. The van der Waals surface area contributed by atoms with Gasteiger partial charge in [-0.1, -0.05) is 11.6 Å². The van der Waals surface area contributed by atoms with Crippen LogP contribution in [0.3, 0.4) is 0 Å². The highest BCUT2D eigenvalue weighted by atomic mass is 32.2. The summed E-state index contributed by atoms with van der Waals surface area (Å²) in [5.74, 6) is -1.64. The van der Waals surface area contributed by atoms with Gasteiger partial charge in [-0.2, -0.15) is 0 Å². The number of carboxylic acids is 1. The van der Waals surface area contributed by atoms with Crippen molar-refractivity contribution in [2.45, 2.75) is 74.4 Å². The van der Waals surface area contributed by atoms with Gasteiger partial charge in [0.05, 0.1) is 29.9 Å². The number of hydrogen-bond donors (Lipinski definition) is 2. The number of carboxylic acid groups (broad SMARTS) is 1. The Morgan fingerprint density at radius 1 is 1.25 bits per heavy atom. The third kappa shape index (κ3) is 5.77. The van der Waals surface area contributed by atoms with Crippen LogP contribution < -0.4 is 5.32 Å². The molecule has 1 aromatic rings. The third-order valence-corrected chi connectivity index (χ3v) is 8.22. The summed E-state index contributed by atoms with van der Waals surface area (Å²) in [5, 5.41) is 11.2. The van der Waals surface area contributed by atoms with Crippen LogP contribution >= 0.6 is 11.8 Å². The summed E-state index contributed by atoms with van der Waals surface area (Å²) in [6, 6.07) is 6.16. The second-order valence-corrected chi connectivity index (χ2v) is 11.0. The highest BCUT2D eigenvalue weighted by Gasteiger charge is 2.72. The van der Waals surface area contributed by atoms with Gasteiger partial charge in [-0.15, -0.1) is 11.8 Å². The van der Waals surface area contributed by atoms with E-state index in [9.17, 15) is 14.4 Å². The first-order chi connectivity index (χ1) is 17.1. The smallest absolute Gasteiger partial charge is 0.414 e. The van der Waals surface area contributed by atoms with Gasteiger partial charge in [0.2, 0.25) is 5.91 Å². The number of hydrogen-bond acceptors (Lipinski definition) is 8. The lowest BCUT2D eigenvalue weighted by atomic mass is 9.68. The van der Waals surface area contributed by atoms with E-state index in [4.69, 9.17) is 24.1 Å². The molecule has 2 aliphatic heterocycles. The molecule has 3 aliphatic rings. The minimum atomic E-state index is -1.02. The number of rotatable bonds is 9. The highest BCUT2D eigenvalue weighted by Crippen LogP contribution is 2.59. The predicted octanol–water partition coefficient (Wildman–Crippen LogP) is 3.81. The van der Waals surface area contributed by atoms with E-state index in [0.717, 1.165) is 12.8 Å². The fourth-order valence-electron chi connectivity index (χ4n) is 5.23. The van der Waals surface area contributed by atoms with Crippen LogP contribution in [0.2, 0.25) is 0 Å². The SMILES string of the molecule is CO[C@@H]1[C@H](OC(=O)NC(=O)CSc2ccc(C(=O)O)cc2)CC[C@]2(CO2)[C@H]1[C@]1(C)O[C@@H]1CC=C(C)C. The fraction of sp³-hybridized carbons (Fsp3) is 0.577. The van der Waals surface area contributed by atoms with Crippen LogP contribution in [0.25, 0.3) is 0 Å². The van der Waals surface area contributed by atoms with Crippen molar-refractivity contribution in [2.75, 3.05) is 19.5 Å². The van der Waals surface area contributed by atoms with Crippen molar-refractivity contribution in [3.05, 3.63) is 41.5 Å². The minimum absolute atomic E-state index is 0.0164. The summed E-state index contributed by atoms with van der Waals surface area (Å²) >= 11 is 1.19. The number of aromatic carboxylic acids is 1. The summed E-state index contributed by atoms with van der Waals surface area (Å²) in [7, 11) is 1.60. The Bertz CT molecular complexity index is 1030. The molecule has 36 heavy (non-hydrogen) atoms. The molecule has 0 radical (unpaired) electrons.